The Hall–Kier alpha value is -2.89. The molecule has 0 spiro atoms. The smallest absolute Gasteiger partial charge is 0.230 e. The van der Waals surface area contributed by atoms with Crippen molar-refractivity contribution in [2.45, 2.75) is 33.2 Å². The molecule has 1 atom stereocenters. The number of aryl methyl sites for hydroxylation is 2. The van der Waals surface area contributed by atoms with Crippen LogP contribution in [0.1, 0.15) is 35.6 Å². The lowest BCUT2D eigenvalue weighted by molar-refractivity contribution is -0.131. The van der Waals surface area contributed by atoms with Gasteiger partial charge in [-0.3, -0.25) is 9.89 Å². The monoisotopic (exact) mass is 338 g/mol. The van der Waals surface area contributed by atoms with Gasteiger partial charge in [0.05, 0.1) is 29.5 Å². The zero-order valence-corrected chi connectivity index (χ0v) is 14.9. The molecule has 130 valence electrons. The summed E-state index contributed by atoms with van der Waals surface area (Å²) in [7, 11) is 1.79. The fourth-order valence-electron chi connectivity index (χ4n) is 3.10. The lowest BCUT2D eigenvalue weighted by Gasteiger charge is -2.20. The van der Waals surface area contributed by atoms with Gasteiger partial charge in [-0.1, -0.05) is 35.5 Å². The van der Waals surface area contributed by atoms with Crippen molar-refractivity contribution in [3.05, 3.63) is 59.1 Å². The Kier molecular flexibility index (Phi) is 4.70. The van der Waals surface area contributed by atoms with E-state index in [0.29, 0.717) is 12.3 Å². The lowest BCUT2D eigenvalue weighted by atomic mass is 9.98. The molecular weight excluding hydrogens is 316 g/mol. The van der Waals surface area contributed by atoms with E-state index in [1.807, 2.05) is 57.2 Å². The van der Waals surface area contributed by atoms with Crippen molar-refractivity contribution in [1.29, 1.82) is 0 Å². The number of likely N-dealkylation sites (N-methyl/N-ethyl adjacent to an activating group) is 1. The number of aromatic amines is 1. The zero-order valence-electron chi connectivity index (χ0n) is 14.9. The van der Waals surface area contributed by atoms with Gasteiger partial charge in [0.2, 0.25) is 5.91 Å². The highest BCUT2D eigenvalue weighted by Crippen LogP contribution is 2.25. The average Bonchev–Trinajstić information content (AvgIpc) is 3.21. The molecule has 0 aliphatic carbocycles. The minimum atomic E-state index is -0.298. The first-order valence-electron chi connectivity index (χ1n) is 8.24. The molecule has 3 aromatic rings. The van der Waals surface area contributed by atoms with E-state index in [1.165, 1.54) is 0 Å². The molecule has 0 fully saturated rings. The highest BCUT2D eigenvalue weighted by atomic mass is 16.5. The number of H-pyrrole nitrogens is 1. The van der Waals surface area contributed by atoms with Gasteiger partial charge >= 0.3 is 0 Å². The van der Waals surface area contributed by atoms with Crippen molar-refractivity contribution in [2.75, 3.05) is 7.05 Å². The van der Waals surface area contributed by atoms with E-state index < -0.39 is 0 Å². The molecule has 0 aliphatic heterocycles. The maximum absolute atomic E-state index is 12.7. The third-order valence-corrected chi connectivity index (χ3v) is 4.38. The summed E-state index contributed by atoms with van der Waals surface area (Å²) in [5.41, 5.74) is 4.44. The second-order valence-electron chi connectivity index (χ2n) is 6.30. The number of nitrogens with zero attached hydrogens (tertiary/aromatic N) is 3. The standard InChI is InChI=1S/C19H22N4O2/c1-12(18-13(2)22-25-14(18)3)19(24)23(4)11-16-10-17(21-20-16)15-8-6-5-7-9-15/h5-10,12H,11H2,1-4H3,(H,20,21). The molecule has 1 amide bonds. The lowest BCUT2D eigenvalue weighted by Crippen LogP contribution is -2.30. The maximum atomic E-state index is 12.7. The van der Waals surface area contributed by atoms with Gasteiger partial charge in [0, 0.05) is 18.2 Å². The largest absolute Gasteiger partial charge is 0.361 e. The molecule has 0 radical (unpaired) electrons. The number of nitrogens with one attached hydrogen (secondary N) is 1. The summed E-state index contributed by atoms with van der Waals surface area (Å²) in [5.74, 6) is 0.415. The maximum Gasteiger partial charge on any atom is 0.230 e. The van der Waals surface area contributed by atoms with Gasteiger partial charge < -0.3 is 9.42 Å². The SMILES string of the molecule is Cc1noc(C)c1C(C)C(=O)N(C)Cc1cc(-c2ccccc2)n[nH]1. The van der Waals surface area contributed by atoms with Gasteiger partial charge in [0.15, 0.2) is 0 Å². The van der Waals surface area contributed by atoms with Crippen LogP contribution in [0.5, 0.6) is 0 Å². The minimum Gasteiger partial charge on any atom is -0.361 e. The highest BCUT2D eigenvalue weighted by Gasteiger charge is 2.25. The first-order valence-corrected chi connectivity index (χ1v) is 8.24. The Morgan fingerprint density at radius 3 is 2.64 bits per heavy atom. The number of rotatable bonds is 5. The third-order valence-electron chi connectivity index (χ3n) is 4.38. The predicted molar refractivity (Wildman–Crippen MR) is 94.9 cm³/mol. The number of amides is 1. The van der Waals surface area contributed by atoms with E-state index in [2.05, 4.69) is 15.4 Å². The van der Waals surface area contributed by atoms with E-state index in [1.54, 1.807) is 11.9 Å². The van der Waals surface area contributed by atoms with Crippen LogP contribution in [-0.4, -0.2) is 33.2 Å². The molecule has 6 heteroatoms. The second kappa shape index (κ2) is 6.93. The van der Waals surface area contributed by atoms with Gasteiger partial charge in [-0.15, -0.1) is 0 Å². The van der Waals surface area contributed by atoms with Crippen LogP contribution in [-0.2, 0) is 11.3 Å². The Morgan fingerprint density at radius 1 is 1.28 bits per heavy atom. The summed E-state index contributed by atoms with van der Waals surface area (Å²) in [4.78, 5) is 14.4. The Labute approximate surface area is 146 Å². The molecule has 0 saturated carbocycles. The van der Waals surface area contributed by atoms with Gasteiger partial charge in [-0.2, -0.15) is 5.10 Å². The van der Waals surface area contributed by atoms with Crippen LogP contribution in [0.3, 0.4) is 0 Å². The van der Waals surface area contributed by atoms with E-state index >= 15 is 0 Å². The van der Waals surface area contributed by atoms with Crippen LogP contribution in [0.4, 0.5) is 0 Å². The van der Waals surface area contributed by atoms with Gasteiger partial charge in [-0.05, 0) is 26.8 Å². The fourth-order valence-corrected chi connectivity index (χ4v) is 3.10. The number of carbonyl (C=O) groups excluding carboxylic acids is 1. The van der Waals surface area contributed by atoms with E-state index in [9.17, 15) is 4.79 Å². The predicted octanol–water partition coefficient (Wildman–Crippen LogP) is 3.44. The van der Waals surface area contributed by atoms with Crippen LogP contribution >= 0.6 is 0 Å². The Morgan fingerprint density at radius 2 is 2.00 bits per heavy atom. The quantitative estimate of drug-likeness (QED) is 0.773. The van der Waals surface area contributed by atoms with E-state index in [-0.39, 0.29) is 11.8 Å². The number of hydrogen-bond acceptors (Lipinski definition) is 4. The molecule has 2 heterocycles. The molecular formula is C19H22N4O2. The molecule has 1 unspecified atom stereocenters. The Bertz CT molecular complexity index is 847. The first-order chi connectivity index (χ1) is 12.0. The number of benzene rings is 1. The van der Waals surface area contributed by atoms with Crippen LogP contribution in [0.2, 0.25) is 0 Å². The summed E-state index contributed by atoms with van der Waals surface area (Å²) in [6.07, 6.45) is 0. The molecule has 0 saturated heterocycles. The summed E-state index contributed by atoms with van der Waals surface area (Å²) in [6, 6.07) is 11.9. The van der Waals surface area contributed by atoms with Crippen molar-refractivity contribution in [3.8, 4) is 11.3 Å². The third kappa shape index (κ3) is 3.47. The molecule has 1 N–H and O–H groups in total. The molecule has 25 heavy (non-hydrogen) atoms. The topological polar surface area (TPSA) is 75.0 Å². The fraction of sp³-hybridized carbons (Fsp3) is 0.316. The van der Waals surface area contributed by atoms with Gasteiger partial charge in [0.1, 0.15) is 5.76 Å². The van der Waals surface area contributed by atoms with Crippen LogP contribution in [0.25, 0.3) is 11.3 Å². The highest BCUT2D eigenvalue weighted by molar-refractivity contribution is 5.83. The average molecular weight is 338 g/mol. The first kappa shape index (κ1) is 17.0. The van der Waals surface area contributed by atoms with Crippen LogP contribution in [0, 0.1) is 13.8 Å². The van der Waals surface area contributed by atoms with Gasteiger partial charge in [-0.25, -0.2) is 0 Å². The van der Waals surface area contributed by atoms with Crippen molar-refractivity contribution in [1.82, 2.24) is 20.3 Å². The number of aromatic nitrogens is 3. The van der Waals surface area contributed by atoms with E-state index in [4.69, 9.17) is 4.52 Å². The molecule has 0 aliphatic rings. The normalized spacial score (nSPS) is 12.2. The van der Waals surface area contributed by atoms with Crippen molar-refractivity contribution in [3.63, 3.8) is 0 Å². The molecule has 1 aromatic carbocycles. The van der Waals surface area contributed by atoms with Crippen molar-refractivity contribution in [2.24, 2.45) is 0 Å². The zero-order chi connectivity index (χ0) is 18.0. The van der Waals surface area contributed by atoms with Crippen LogP contribution in [0.15, 0.2) is 40.9 Å². The van der Waals surface area contributed by atoms with Crippen molar-refractivity contribution < 1.29 is 9.32 Å². The number of hydrogen-bond donors (Lipinski definition) is 1. The molecule has 2 aromatic heterocycles. The minimum absolute atomic E-state index is 0.0188. The summed E-state index contributed by atoms with van der Waals surface area (Å²) in [5, 5.41) is 11.3. The molecule has 3 rings (SSSR count). The van der Waals surface area contributed by atoms with E-state index in [0.717, 1.165) is 28.2 Å². The summed E-state index contributed by atoms with van der Waals surface area (Å²) < 4.78 is 5.18. The summed E-state index contributed by atoms with van der Waals surface area (Å²) in [6.45, 7) is 6.04. The molecule has 6 nitrogen and oxygen atoms in total. The van der Waals surface area contributed by atoms with Gasteiger partial charge in [0.25, 0.3) is 0 Å². The summed E-state index contributed by atoms with van der Waals surface area (Å²) >= 11 is 0. The van der Waals surface area contributed by atoms with Crippen molar-refractivity contribution >= 4 is 5.91 Å². The second-order valence-corrected chi connectivity index (χ2v) is 6.30. The molecule has 0 bridgehead atoms. The Balaban J connectivity index is 1.71. The van der Waals surface area contributed by atoms with Crippen LogP contribution < -0.4 is 0 Å². The number of carbonyl (C=O) groups is 1.